The van der Waals surface area contributed by atoms with Crippen molar-refractivity contribution in [3.05, 3.63) is 70.9 Å². The molecule has 3 aromatic heterocycles. The molecule has 21 heteroatoms. The second-order valence-corrected chi connectivity index (χ2v) is 19.1. The first-order chi connectivity index (χ1) is 30.2. The van der Waals surface area contributed by atoms with Gasteiger partial charge in [0, 0.05) is 75.9 Å². The molecule has 9 rings (SSSR count). The van der Waals surface area contributed by atoms with E-state index in [2.05, 4.69) is 35.5 Å². The number of hydrogen-bond donors (Lipinski definition) is 4. The van der Waals surface area contributed by atoms with Gasteiger partial charge in [-0.25, -0.2) is 22.6 Å². The Morgan fingerprint density at radius 2 is 1.83 bits per heavy atom. The normalized spacial score (nSPS) is 22.0. The Bertz CT molecular complexity index is 2860. The highest BCUT2D eigenvalue weighted by molar-refractivity contribution is 7.89. The van der Waals surface area contributed by atoms with E-state index in [1.54, 1.807) is 11.6 Å². The molecule has 4 aliphatic rings. The standard InChI is InChI=1S/C42H50FN13O6S/c1-25(2)62-37-36(26(20-44)21-45)46-24-55-38(37)49-40(50-55)47-31-6-5-29(19-30(31)43)63(60,61)54-17-13-42(23-54)12-16-53(22-42)27-10-14-52(15-11-27)28-4-7-32-34(18-28)51(3)41(59)56(32)33-8-9-35(57)48-39(33)58/h4-7,18-21,24-25,27,33,44H,8-17,22-23,45H2,1-3H3,(H,47,50)(H,48,57,58)/b26-21+,44-20?. The molecule has 0 saturated carbocycles. The molecular formula is C42H50FN13O6S. The van der Waals surface area contributed by atoms with Crippen LogP contribution in [0.3, 0.4) is 0 Å². The van der Waals surface area contributed by atoms with Crippen molar-refractivity contribution in [3.63, 3.8) is 0 Å². The third kappa shape index (κ3) is 7.60. The van der Waals surface area contributed by atoms with Crippen molar-refractivity contribution >= 4 is 67.6 Å². The van der Waals surface area contributed by atoms with Gasteiger partial charge < -0.3 is 26.1 Å². The number of sulfonamides is 1. The second kappa shape index (κ2) is 16.2. The number of amides is 2. The van der Waals surface area contributed by atoms with Crippen LogP contribution in [0.5, 0.6) is 5.75 Å². The fourth-order valence-corrected chi connectivity index (χ4v) is 11.2. The summed E-state index contributed by atoms with van der Waals surface area (Å²) in [5, 5.41) is 17.3. The molecule has 63 heavy (non-hydrogen) atoms. The van der Waals surface area contributed by atoms with E-state index >= 15 is 4.39 Å². The number of fused-ring (bicyclic) bond motifs is 2. The largest absolute Gasteiger partial charge is 0.485 e. The van der Waals surface area contributed by atoms with E-state index in [1.807, 2.05) is 32.0 Å². The van der Waals surface area contributed by atoms with Gasteiger partial charge in [0.1, 0.15) is 23.9 Å². The number of piperidine rings is 2. The summed E-state index contributed by atoms with van der Waals surface area (Å²) in [5.74, 6) is -1.30. The van der Waals surface area contributed by atoms with E-state index in [-0.39, 0.29) is 63.9 Å². The Morgan fingerprint density at radius 1 is 1.05 bits per heavy atom. The Hall–Kier alpha value is -6.19. The molecule has 5 aromatic rings. The maximum atomic E-state index is 15.7. The van der Waals surface area contributed by atoms with Crippen molar-refractivity contribution in [2.24, 2.45) is 18.2 Å². The Morgan fingerprint density at radius 3 is 2.54 bits per heavy atom. The molecule has 7 heterocycles. The number of allylic oxidation sites excluding steroid dienone is 1. The summed E-state index contributed by atoms with van der Waals surface area (Å²) in [6.45, 7) is 7.67. The molecule has 332 valence electrons. The molecule has 1 spiro atoms. The summed E-state index contributed by atoms with van der Waals surface area (Å²) in [6, 6.07) is 9.25. The molecule has 2 unspecified atom stereocenters. The van der Waals surface area contributed by atoms with Crippen LogP contribution in [0, 0.1) is 16.6 Å². The highest BCUT2D eigenvalue weighted by Crippen LogP contribution is 2.43. The number of benzene rings is 2. The van der Waals surface area contributed by atoms with Crippen molar-refractivity contribution in [3.8, 4) is 5.75 Å². The Balaban J connectivity index is 0.827. The SMILES string of the molecule is CC(C)Oc1c(/C(C=N)=C/N)ncn2nc(Nc3ccc(S(=O)(=O)N4CCC5(CCN(C6CCN(c7ccc8c(c7)n(C)c(=O)n8C7CCC(=O)NC7=O)CC6)C5)C4)cc3F)nc12. The molecule has 2 aromatic carbocycles. The maximum absolute atomic E-state index is 15.7. The fourth-order valence-electron chi connectivity index (χ4n) is 9.64. The molecule has 0 bridgehead atoms. The van der Waals surface area contributed by atoms with E-state index in [0.717, 1.165) is 75.3 Å². The van der Waals surface area contributed by atoms with Gasteiger partial charge in [0.15, 0.2) is 5.75 Å². The lowest BCUT2D eigenvalue weighted by molar-refractivity contribution is -0.135. The molecule has 4 aliphatic heterocycles. The number of halogens is 1. The number of anilines is 3. The molecule has 4 saturated heterocycles. The fraction of sp³-hybridized carbons (Fsp3) is 0.452. The summed E-state index contributed by atoms with van der Waals surface area (Å²) in [6.07, 6.45) is 7.33. The number of rotatable bonds is 11. The number of nitrogens with zero attached hydrogens (tertiary/aromatic N) is 9. The van der Waals surface area contributed by atoms with Crippen LogP contribution in [0.15, 0.2) is 58.6 Å². The summed E-state index contributed by atoms with van der Waals surface area (Å²) in [5.41, 5.74) is 8.47. The first-order valence-corrected chi connectivity index (χ1v) is 22.6. The summed E-state index contributed by atoms with van der Waals surface area (Å²) in [4.78, 5) is 51.2. The van der Waals surface area contributed by atoms with Crippen molar-refractivity contribution in [1.82, 2.24) is 43.2 Å². The van der Waals surface area contributed by atoms with Crippen LogP contribution >= 0.6 is 0 Å². The number of nitrogens with two attached hydrogens (primary N) is 1. The number of carbonyl (C=O) groups is 2. The molecule has 2 amide bonds. The number of carbonyl (C=O) groups excluding carboxylic acids is 2. The number of nitrogens with one attached hydrogen (secondary N) is 3. The quantitative estimate of drug-likeness (QED) is 0.111. The van der Waals surface area contributed by atoms with Crippen molar-refractivity contribution in [2.75, 3.05) is 49.5 Å². The molecule has 2 atom stereocenters. The smallest absolute Gasteiger partial charge is 0.329 e. The first kappa shape index (κ1) is 42.1. The predicted octanol–water partition coefficient (Wildman–Crippen LogP) is 3.13. The lowest BCUT2D eigenvalue weighted by Gasteiger charge is -2.38. The van der Waals surface area contributed by atoms with Crippen molar-refractivity contribution in [2.45, 2.75) is 75.5 Å². The topological polar surface area (TPSA) is 231 Å². The Kier molecular flexibility index (Phi) is 10.8. The number of aryl methyl sites for hydroxylation is 1. The molecular weight excluding hydrogens is 834 g/mol. The highest BCUT2D eigenvalue weighted by Gasteiger charge is 2.48. The maximum Gasteiger partial charge on any atom is 0.329 e. The number of hydrogen-bond acceptors (Lipinski definition) is 14. The van der Waals surface area contributed by atoms with Crippen LogP contribution in [0.1, 0.15) is 64.1 Å². The van der Waals surface area contributed by atoms with Crippen molar-refractivity contribution in [1.29, 1.82) is 5.41 Å². The van der Waals surface area contributed by atoms with Crippen LogP contribution in [0.25, 0.3) is 22.3 Å². The van der Waals surface area contributed by atoms with Crippen LogP contribution in [0.2, 0.25) is 0 Å². The van der Waals surface area contributed by atoms with Gasteiger partial charge in [-0.15, -0.1) is 5.10 Å². The highest BCUT2D eigenvalue weighted by atomic mass is 32.2. The van der Waals surface area contributed by atoms with Gasteiger partial charge in [-0.3, -0.25) is 28.9 Å². The van der Waals surface area contributed by atoms with Gasteiger partial charge in [0.2, 0.25) is 33.4 Å². The van der Waals surface area contributed by atoms with Gasteiger partial charge >= 0.3 is 5.69 Å². The molecule has 5 N–H and O–H groups in total. The third-order valence-corrected chi connectivity index (χ3v) is 14.8. The van der Waals surface area contributed by atoms with Gasteiger partial charge in [-0.2, -0.15) is 13.8 Å². The van der Waals surface area contributed by atoms with Gasteiger partial charge in [0.25, 0.3) is 0 Å². The second-order valence-electron chi connectivity index (χ2n) is 17.2. The third-order valence-electron chi connectivity index (χ3n) is 12.9. The minimum absolute atomic E-state index is 0.0168. The minimum Gasteiger partial charge on any atom is -0.485 e. The molecule has 0 aliphatic carbocycles. The lowest BCUT2D eigenvalue weighted by Crippen LogP contribution is -2.45. The van der Waals surface area contributed by atoms with E-state index in [9.17, 15) is 22.8 Å². The Labute approximate surface area is 362 Å². The number of imide groups is 1. The molecule has 19 nitrogen and oxygen atoms in total. The number of ether oxygens (including phenoxy) is 1. The summed E-state index contributed by atoms with van der Waals surface area (Å²) >= 11 is 0. The number of imidazole rings is 1. The van der Waals surface area contributed by atoms with Crippen molar-refractivity contribution < 1.29 is 27.1 Å². The van der Waals surface area contributed by atoms with E-state index < -0.39 is 27.8 Å². The zero-order valence-electron chi connectivity index (χ0n) is 35.3. The zero-order chi connectivity index (χ0) is 44.4. The average Bonchev–Trinajstić information content (AvgIpc) is 4.05. The van der Waals surface area contributed by atoms with Gasteiger partial charge in [-0.1, -0.05) is 0 Å². The minimum atomic E-state index is -3.99. The summed E-state index contributed by atoms with van der Waals surface area (Å²) in [7, 11) is -2.29. The van der Waals surface area contributed by atoms with Gasteiger partial charge in [-0.05, 0) is 94.3 Å². The van der Waals surface area contributed by atoms with Crippen LogP contribution in [0.4, 0.5) is 21.7 Å². The summed E-state index contributed by atoms with van der Waals surface area (Å²) < 4.78 is 55.4. The molecule has 4 fully saturated rings. The van der Waals surface area contributed by atoms with E-state index in [0.29, 0.717) is 35.9 Å². The zero-order valence-corrected chi connectivity index (χ0v) is 36.1. The van der Waals surface area contributed by atoms with Crippen LogP contribution in [-0.4, -0.2) is 116 Å². The monoisotopic (exact) mass is 883 g/mol. The van der Waals surface area contributed by atoms with Crippen LogP contribution < -0.4 is 31.7 Å². The predicted molar refractivity (Wildman–Crippen MR) is 233 cm³/mol. The lowest BCUT2D eigenvalue weighted by atomic mass is 9.86. The van der Waals surface area contributed by atoms with Gasteiger partial charge in [0.05, 0.1) is 27.7 Å². The first-order valence-electron chi connectivity index (χ1n) is 21.1. The molecule has 0 radical (unpaired) electrons. The van der Waals surface area contributed by atoms with E-state index in [1.165, 1.54) is 38.0 Å². The average molecular weight is 884 g/mol. The number of likely N-dealkylation sites (tertiary alicyclic amines) is 1. The number of aromatic nitrogens is 6. The van der Waals surface area contributed by atoms with Crippen LogP contribution in [-0.2, 0) is 26.7 Å². The van der Waals surface area contributed by atoms with E-state index in [4.69, 9.17) is 15.9 Å².